The summed E-state index contributed by atoms with van der Waals surface area (Å²) in [6.07, 6.45) is 6.93. The standard InChI is InChI=1S/C17H19N5OS/c23-13-3-1-11(2-4-13)19-16-15-14(7-10-24-15)21-17(22-16)20-12-5-8-18-9-6-12/h5-11,13,23H,1-4H2,(H2,18,19,20,21,22). The van der Waals surface area contributed by atoms with Gasteiger partial charge in [-0.1, -0.05) is 0 Å². The van der Waals surface area contributed by atoms with Crippen LogP contribution in [0.1, 0.15) is 25.7 Å². The number of thiophene rings is 1. The van der Waals surface area contributed by atoms with Crippen LogP contribution in [-0.2, 0) is 0 Å². The maximum absolute atomic E-state index is 9.67. The Morgan fingerprint density at radius 1 is 1.04 bits per heavy atom. The van der Waals surface area contributed by atoms with Crippen molar-refractivity contribution in [1.82, 2.24) is 15.0 Å². The lowest BCUT2D eigenvalue weighted by atomic mass is 9.93. The van der Waals surface area contributed by atoms with Crippen LogP contribution in [0.25, 0.3) is 10.2 Å². The van der Waals surface area contributed by atoms with Gasteiger partial charge in [-0.2, -0.15) is 4.98 Å². The molecule has 0 atom stereocenters. The summed E-state index contributed by atoms with van der Waals surface area (Å²) in [4.78, 5) is 13.3. The van der Waals surface area contributed by atoms with Crippen molar-refractivity contribution in [2.45, 2.75) is 37.8 Å². The molecule has 3 aromatic rings. The molecule has 0 aromatic carbocycles. The van der Waals surface area contributed by atoms with Crippen molar-refractivity contribution in [3.05, 3.63) is 36.0 Å². The lowest BCUT2D eigenvalue weighted by Crippen LogP contribution is -2.28. The van der Waals surface area contributed by atoms with E-state index >= 15 is 0 Å². The second-order valence-corrected chi connectivity index (χ2v) is 6.96. The molecular formula is C17H19N5OS. The van der Waals surface area contributed by atoms with Crippen LogP contribution in [-0.4, -0.2) is 32.2 Å². The van der Waals surface area contributed by atoms with Crippen molar-refractivity contribution in [3.8, 4) is 0 Å². The first-order valence-electron chi connectivity index (χ1n) is 8.15. The van der Waals surface area contributed by atoms with Gasteiger partial charge in [-0.05, 0) is 49.3 Å². The van der Waals surface area contributed by atoms with Gasteiger partial charge < -0.3 is 15.7 Å². The van der Waals surface area contributed by atoms with E-state index in [0.717, 1.165) is 47.4 Å². The van der Waals surface area contributed by atoms with Gasteiger partial charge in [0.15, 0.2) is 0 Å². The molecule has 4 rings (SSSR count). The van der Waals surface area contributed by atoms with Crippen LogP contribution in [0.4, 0.5) is 17.5 Å². The number of aromatic nitrogens is 3. The minimum atomic E-state index is -0.154. The number of nitrogens with zero attached hydrogens (tertiary/aromatic N) is 3. The van der Waals surface area contributed by atoms with E-state index in [-0.39, 0.29) is 6.10 Å². The second kappa shape index (κ2) is 6.70. The number of fused-ring (bicyclic) bond motifs is 1. The van der Waals surface area contributed by atoms with Gasteiger partial charge in [0.25, 0.3) is 0 Å². The molecule has 1 aliphatic rings. The minimum Gasteiger partial charge on any atom is -0.393 e. The summed E-state index contributed by atoms with van der Waals surface area (Å²) in [7, 11) is 0. The smallest absolute Gasteiger partial charge is 0.229 e. The van der Waals surface area contributed by atoms with Gasteiger partial charge >= 0.3 is 0 Å². The molecule has 0 amide bonds. The van der Waals surface area contributed by atoms with Gasteiger partial charge in [-0.15, -0.1) is 11.3 Å². The fourth-order valence-electron chi connectivity index (χ4n) is 3.00. The number of aliphatic hydroxyl groups is 1. The number of rotatable bonds is 4. The van der Waals surface area contributed by atoms with E-state index in [0.29, 0.717) is 12.0 Å². The van der Waals surface area contributed by atoms with E-state index < -0.39 is 0 Å². The number of anilines is 3. The number of pyridine rings is 1. The van der Waals surface area contributed by atoms with Gasteiger partial charge in [0.05, 0.1) is 16.3 Å². The van der Waals surface area contributed by atoms with Gasteiger partial charge in [0.1, 0.15) is 5.82 Å². The Bertz CT molecular complexity index is 814. The highest BCUT2D eigenvalue weighted by atomic mass is 32.1. The molecule has 0 bridgehead atoms. The van der Waals surface area contributed by atoms with Crippen LogP contribution in [0, 0.1) is 0 Å². The van der Waals surface area contributed by atoms with E-state index in [2.05, 4.69) is 25.6 Å². The number of hydrogen-bond acceptors (Lipinski definition) is 7. The molecule has 0 aliphatic heterocycles. The summed E-state index contributed by atoms with van der Waals surface area (Å²) in [5.41, 5.74) is 1.84. The molecule has 0 unspecified atom stereocenters. The fourth-order valence-corrected chi connectivity index (χ4v) is 3.78. The topological polar surface area (TPSA) is 83.0 Å². The molecule has 124 valence electrons. The first kappa shape index (κ1) is 15.3. The van der Waals surface area contributed by atoms with Crippen molar-refractivity contribution in [1.29, 1.82) is 0 Å². The summed E-state index contributed by atoms with van der Waals surface area (Å²) >= 11 is 1.64. The zero-order valence-electron chi connectivity index (χ0n) is 13.1. The molecule has 3 heterocycles. The third kappa shape index (κ3) is 3.32. The predicted octanol–water partition coefficient (Wildman–Crippen LogP) is 3.55. The van der Waals surface area contributed by atoms with E-state index in [1.165, 1.54) is 0 Å². The van der Waals surface area contributed by atoms with Crippen LogP contribution in [0.2, 0.25) is 0 Å². The van der Waals surface area contributed by atoms with E-state index in [1.807, 2.05) is 23.6 Å². The average Bonchev–Trinajstić information content (AvgIpc) is 3.07. The lowest BCUT2D eigenvalue weighted by Gasteiger charge is -2.26. The quantitative estimate of drug-likeness (QED) is 0.673. The molecular weight excluding hydrogens is 322 g/mol. The van der Waals surface area contributed by atoms with Crippen LogP contribution in [0.3, 0.4) is 0 Å². The molecule has 1 fully saturated rings. The normalized spacial score (nSPS) is 20.9. The van der Waals surface area contributed by atoms with Crippen molar-refractivity contribution in [3.63, 3.8) is 0 Å². The molecule has 6 nitrogen and oxygen atoms in total. The molecule has 1 aliphatic carbocycles. The molecule has 0 spiro atoms. The first-order chi connectivity index (χ1) is 11.8. The Morgan fingerprint density at radius 2 is 1.83 bits per heavy atom. The molecule has 7 heteroatoms. The Balaban J connectivity index is 1.60. The SMILES string of the molecule is OC1CCC(Nc2nc(Nc3ccncc3)nc3ccsc23)CC1. The molecule has 0 saturated heterocycles. The van der Waals surface area contributed by atoms with Gasteiger partial charge in [-0.25, -0.2) is 4.98 Å². The lowest BCUT2D eigenvalue weighted by molar-refractivity contribution is 0.126. The van der Waals surface area contributed by atoms with Crippen molar-refractivity contribution < 1.29 is 5.11 Å². The maximum atomic E-state index is 9.67. The van der Waals surface area contributed by atoms with Crippen molar-refractivity contribution in [2.24, 2.45) is 0 Å². The Hall–Kier alpha value is -2.25. The van der Waals surface area contributed by atoms with E-state index in [4.69, 9.17) is 0 Å². The summed E-state index contributed by atoms with van der Waals surface area (Å²) in [5.74, 6) is 1.44. The summed E-state index contributed by atoms with van der Waals surface area (Å²) in [6.45, 7) is 0. The highest BCUT2D eigenvalue weighted by Crippen LogP contribution is 2.30. The predicted molar refractivity (Wildman–Crippen MR) is 96.8 cm³/mol. The van der Waals surface area contributed by atoms with Crippen molar-refractivity contribution >= 4 is 39.0 Å². The van der Waals surface area contributed by atoms with Crippen LogP contribution in [0.5, 0.6) is 0 Å². The third-order valence-corrected chi connectivity index (χ3v) is 5.19. The van der Waals surface area contributed by atoms with E-state index in [1.54, 1.807) is 23.7 Å². The Labute approximate surface area is 144 Å². The van der Waals surface area contributed by atoms with Crippen LogP contribution >= 0.6 is 11.3 Å². The zero-order chi connectivity index (χ0) is 16.4. The zero-order valence-corrected chi connectivity index (χ0v) is 14.0. The highest BCUT2D eigenvalue weighted by molar-refractivity contribution is 7.17. The molecule has 0 radical (unpaired) electrons. The monoisotopic (exact) mass is 341 g/mol. The molecule has 24 heavy (non-hydrogen) atoms. The summed E-state index contributed by atoms with van der Waals surface area (Å²) in [6, 6.07) is 6.13. The van der Waals surface area contributed by atoms with Crippen molar-refractivity contribution in [2.75, 3.05) is 10.6 Å². The van der Waals surface area contributed by atoms with Gasteiger partial charge in [-0.3, -0.25) is 4.98 Å². The van der Waals surface area contributed by atoms with E-state index in [9.17, 15) is 5.11 Å². The highest BCUT2D eigenvalue weighted by Gasteiger charge is 2.21. The number of hydrogen-bond donors (Lipinski definition) is 3. The summed E-state index contributed by atoms with van der Waals surface area (Å²) in [5, 5.41) is 18.5. The maximum Gasteiger partial charge on any atom is 0.229 e. The van der Waals surface area contributed by atoms with Gasteiger partial charge in [0, 0.05) is 24.1 Å². The third-order valence-electron chi connectivity index (χ3n) is 4.28. The fraction of sp³-hybridized carbons (Fsp3) is 0.353. The van der Waals surface area contributed by atoms with Crippen LogP contribution in [0.15, 0.2) is 36.0 Å². The number of aliphatic hydroxyl groups excluding tert-OH is 1. The molecule has 1 saturated carbocycles. The second-order valence-electron chi connectivity index (χ2n) is 6.04. The largest absolute Gasteiger partial charge is 0.393 e. The number of nitrogens with one attached hydrogen (secondary N) is 2. The minimum absolute atomic E-state index is 0.154. The Kier molecular flexibility index (Phi) is 4.27. The molecule has 3 N–H and O–H groups in total. The van der Waals surface area contributed by atoms with Gasteiger partial charge in [0.2, 0.25) is 5.95 Å². The van der Waals surface area contributed by atoms with Crippen LogP contribution < -0.4 is 10.6 Å². The average molecular weight is 341 g/mol. The summed E-state index contributed by atoms with van der Waals surface area (Å²) < 4.78 is 1.07. The molecule has 3 aromatic heterocycles. The Morgan fingerprint density at radius 3 is 2.62 bits per heavy atom. The first-order valence-corrected chi connectivity index (χ1v) is 9.03.